The van der Waals surface area contributed by atoms with E-state index < -0.39 is 0 Å². The molecule has 5 heteroatoms. The van der Waals surface area contributed by atoms with E-state index in [4.69, 9.17) is 0 Å². The van der Waals surface area contributed by atoms with Crippen molar-refractivity contribution >= 4 is 27.3 Å². The van der Waals surface area contributed by atoms with Crippen LogP contribution in [0, 0.1) is 6.92 Å². The van der Waals surface area contributed by atoms with Crippen molar-refractivity contribution in [1.82, 2.24) is 14.8 Å². The number of aryl methyl sites for hydroxylation is 1. The molecule has 0 aliphatic heterocycles. The molecule has 0 radical (unpaired) electrons. The van der Waals surface area contributed by atoms with E-state index in [0.29, 0.717) is 0 Å². The molecule has 2 aromatic heterocycles. The Morgan fingerprint density at radius 3 is 2.92 bits per heavy atom. The minimum atomic E-state index is 0.878. The molecule has 0 saturated heterocycles. The number of hydrogen-bond acceptors (Lipinski definition) is 3. The summed E-state index contributed by atoms with van der Waals surface area (Å²) in [6, 6.07) is 0. The van der Waals surface area contributed by atoms with Gasteiger partial charge in [0.1, 0.15) is 0 Å². The molecule has 0 fully saturated rings. The molecule has 0 saturated carbocycles. The van der Waals surface area contributed by atoms with Crippen LogP contribution in [-0.2, 0) is 0 Å². The van der Waals surface area contributed by atoms with Crippen LogP contribution in [0.1, 0.15) is 5.01 Å². The van der Waals surface area contributed by atoms with Crippen molar-refractivity contribution in [3.63, 3.8) is 0 Å². The summed E-state index contributed by atoms with van der Waals surface area (Å²) in [6.07, 6.45) is 3.63. The standard InChI is InChI=1S/C7H6BrN3S/c1-5-10-7(4-12-5)11-3-6(8)2-9-11/h2-4H,1H3. The third-order valence-corrected chi connectivity index (χ3v) is 2.56. The zero-order valence-electron chi connectivity index (χ0n) is 6.36. The molecule has 0 N–H and O–H groups in total. The lowest BCUT2D eigenvalue weighted by atomic mass is 10.7. The third kappa shape index (κ3) is 1.42. The lowest BCUT2D eigenvalue weighted by molar-refractivity contribution is 0.851. The molecule has 0 aliphatic rings. The Balaban J connectivity index is 2.43. The normalized spacial score (nSPS) is 10.5. The van der Waals surface area contributed by atoms with E-state index >= 15 is 0 Å². The van der Waals surface area contributed by atoms with Crippen molar-refractivity contribution < 1.29 is 0 Å². The van der Waals surface area contributed by atoms with Crippen molar-refractivity contribution in [2.24, 2.45) is 0 Å². The van der Waals surface area contributed by atoms with Gasteiger partial charge in [-0.2, -0.15) is 5.10 Å². The molecule has 3 nitrogen and oxygen atoms in total. The van der Waals surface area contributed by atoms with Crippen molar-refractivity contribution in [2.45, 2.75) is 6.92 Å². The van der Waals surface area contributed by atoms with Gasteiger partial charge in [-0.3, -0.25) is 0 Å². The van der Waals surface area contributed by atoms with Gasteiger partial charge in [0.15, 0.2) is 5.82 Å². The van der Waals surface area contributed by atoms with Gasteiger partial charge in [-0.05, 0) is 22.9 Å². The predicted octanol–water partition coefficient (Wildman–Crippen LogP) is 2.40. The maximum Gasteiger partial charge on any atom is 0.164 e. The molecular formula is C7H6BrN3S. The zero-order chi connectivity index (χ0) is 8.55. The maximum atomic E-state index is 4.29. The van der Waals surface area contributed by atoms with Gasteiger partial charge >= 0.3 is 0 Å². The molecule has 0 atom stereocenters. The summed E-state index contributed by atoms with van der Waals surface area (Å²) in [6.45, 7) is 1.98. The molecule has 0 amide bonds. The van der Waals surface area contributed by atoms with Gasteiger partial charge in [0.2, 0.25) is 0 Å². The molecule has 2 heterocycles. The van der Waals surface area contributed by atoms with Crippen LogP contribution in [0.3, 0.4) is 0 Å². The Bertz CT molecular complexity index is 355. The Labute approximate surface area is 82.2 Å². The Hall–Kier alpha value is -0.680. The summed E-state index contributed by atoms with van der Waals surface area (Å²) in [4.78, 5) is 4.29. The Morgan fingerprint density at radius 1 is 1.58 bits per heavy atom. The monoisotopic (exact) mass is 243 g/mol. The number of thiazole rings is 1. The minimum absolute atomic E-state index is 0.878. The van der Waals surface area contributed by atoms with E-state index in [2.05, 4.69) is 26.0 Å². The Morgan fingerprint density at radius 2 is 2.42 bits per heavy atom. The second kappa shape index (κ2) is 2.99. The molecule has 2 aromatic rings. The maximum absolute atomic E-state index is 4.29. The van der Waals surface area contributed by atoms with E-state index in [-0.39, 0.29) is 0 Å². The van der Waals surface area contributed by atoms with E-state index in [0.717, 1.165) is 15.3 Å². The quantitative estimate of drug-likeness (QED) is 0.771. The summed E-state index contributed by atoms with van der Waals surface area (Å²) in [7, 11) is 0. The average molecular weight is 244 g/mol. The van der Waals surface area contributed by atoms with Crippen LogP contribution < -0.4 is 0 Å². The zero-order valence-corrected chi connectivity index (χ0v) is 8.76. The first-order valence-corrected chi connectivity index (χ1v) is 5.05. The smallest absolute Gasteiger partial charge is 0.164 e. The molecule has 2 rings (SSSR count). The highest BCUT2D eigenvalue weighted by Crippen LogP contribution is 2.14. The van der Waals surface area contributed by atoms with Gasteiger partial charge in [-0.15, -0.1) is 11.3 Å². The lowest BCUT2D eigenvalue weighted by Crippen LogP contribution is -1.93. The first kappa shape index (κ1) is 7.94. The molecule has 0 unspecified atom stereocenters. The highest BCUT2D eigenvalue weighted by atomic mass is 79.9. The summed E-state index contributed by atoms with van der Waals surface area (Å²) < 4.78 is 2.71. The summed E-state index contributed by atoms with van der Waals surface area (Å²) in [5.41, 5.74) is 0. The number of hydrogen-bond donors (Lipinski definition) is 0. The fourth-order valence-corrected chi connectivity index (χ4v) is 1.75. The van der Waals surface area contributed by atoms with Gasteiger partial charge in [0.25, 0.3) is 0 Å². The van der Waals surface area contributed by atoms with Crippen LogP contribution in [0.2, 0.25) is 0 Å². The second-order valence-corrected chi connectivity index (χ2v) is 4.31. The fraction of sp³-hybridized carbons (Fsp3) is 0.143. The molecular weight excluding hydrogens is 238 g/mol. The van der Waals surface area contributed by atoms with Gasteiger partial charge in [0, 0.05) is 11.6 Å². The number of nitrogens with zero attached hydrogens (tertiary/aromatic N) is 3. The largest absolute Gasteiger partial charge is 0.222 e. The van der Waals surface area contributed by atoms with Gasteiger partial charge in [-0.1, -0.05) is 0 Å². The summed E-state index contributed by atoms with van der Waals surface area (Å²) in [5, 5.41) is 7.15. The van der Waals surface area contributed by atoms with Crippen LogP contribution >= 0.6 is 27.3 Å². The minimum Gasteiger partial charge on any atom is -0.222 e. The third-order valence-electron chi connectivity index (χ3n) is 1.39. The second-order valence-electron chi connectivity index (χ2n) is 2.33. The van der Waals surface area contributed by atoms with E-state index in [9.17, 15) is 0 Å². The van der Waals surface area contributed by atoms with Crippen molar-refractivity contribution in [3.8, 4) is 5.82 Å². The van der Waals surface area contributed by atoms with Gasteiger partial charge < -0.3 is 0 Å². The van der Waals surface area contributed by atoms with Crippen LogP contribution in [0.5, 0.6) is 0 Å². The van der Waals surface area contributed by atoms with Crippen LogP contribution in [0.25, 0.3) is 5.82 Å². The van der Waals surface area contributed by atoms with Gasteiger partial charge in [-0.25, -0.2) is 9.67 Å². The van der Waals surface area contributed by atoms with E-state index in [1.54, 1.807) is 22.2 Å². The number of rotatable bonds is 1. The average Bonchev–Trinajstić information content (AvgIpc) is 2.58. The summed E-state index contributed by atoms with van der Waals surface area (Å²) >= 11 is 4.95. The highest BCUT2D eigenvalue weighted by Gasteiger charge is 2.01. The molecule has 62 valence electrons. The lowest BCUT2D eigenvalue weighted by Gasteiger charge is -1.91. The van der Waals surface area contributed by atoms with Crippen molar-refractivity contribution in [3.05, 3.63) is 27.3 Å². The van der Waals surface area contributed by atoms with Crippen LogP contribution in [0.15, 0.2) is 22.2 Å². The molecule has 0 aromatic carbocycles. The van der Waals surface area contributed by atoms with Crippen molar-refractivity contribution in [1.29, 1.82) is 0 Å². The molecule has 0 bridgehead atoms. The highest BCUT2D eigenvalue weighted by molar-refractivity contribution is 9.10. The molecule has 0 spiro atoms. The first-order chi connectivity index (χ1) is 5.75. The van der Waals surface area contributed by atoms with E-state index in [1.807, 2.05) is 18.5 Å². The fourth-order valence-electron chi connectivity index (χ4n) is 0.883. The molecule has 12 heavy (non-hydrogen) atoms. The molecule has 0 aliphatic carbocycles. The number of aromatic nitrogens is 3. The Kier molecular flexibility index (Phi) is 1.98. The predicted molar refractivity (Wildman–Crippen MR) is 51.7 cm³/mol. The summed E-state index contributed by atoms with van der Waals surface area (Å²) in [5.74, 6) is 0.878. The van der Waals surface area contributed by atoms with E-state index in [1.165, 1.54) is 0 Å². The number of halogens is 1. The SMILES string of the molecule is Cc1nc(-n2cc(Br)cn2)cs1. The van der Waals surface area contributed by atoms with Crippen LogP contribution in [0.4, 0.5) is 0 Å². The topological polar surface area (TPSA) is 30.7 Å². The van der Waals surface area contributed by atoms with Crippen molar-refractivity contribution in [2.75, 3.05) is 0 Å². The van der Waals surface area contributed by atoms with Gasteiger partial charge in [0.05, 0.1) is 15.7 Å². The first-order valence-electron chi connectivity index (χ1n) is 3.38. The van der Waals surface area contributed by atoms with Crippen LogP contribution in [-0.4, -0.2) is 14.8 Å².